The zero-order valence-corrected chi connectivity index (χ0v) is 11.7. The van der Waals surface area contributed by atoms with Crippen LogP contribution in [0, 0.1) is 0 Å². The molecule has 1 aromatic rings. The normalized spacial score (nSPS) is 16.9. The molecule has 1 aliphatic carbocycles. The molecule has 1 saturated carbocycles. The Kier molecular flexibility index (Phi) is 4.14. The molecular weight excluding hydrogens is 229 g/mol. The Bertz CT molecular complexity index is 348. The molecule has 0 aliphatic heterocycles. The van der Waals surface area contributed by atoms with Gasteiger partial charge in [0.25, 0.3) is 0 Å². The van der Waals surface area contributed by atoms with E-state index in [1.165, 1.54) is 6.20 Å². The number of hydrogen-bond donors (Lipinski definition) is 0. The van der Waals surface area contributed by atoms with Gasteiger partial charge >= 0.3 is 51.4 Å². The minimum absolute atomic E-state index is 0. The second kappa shape index (κ2) is 4.59. The number of carboxylic acids is 1. The van der Waals surface area contributed by atoms with Crippen molar-refractivity contribution in [3.05, 3.63) is 29.0 Å². The summed E-state index contributed by atoms with van der Waals surface area (Å²) in [5.74, 6) is -1.04. The number of nitrogens with zero attached hydrogens (tertiary/aromatic N) is 1. The van der Waals surface area contributed by atoms with E-state index in [9.17, 15) is 9.90 Å². The number of aliphatic carboxylic acids is 1. The summed E-state index contributed by atoms with van der Waals surface area (Å²) in [6.07, 6.45) is 2.69. The molecule has 3 nitrogen and oxygen atoms in total. The van der Waals surface area contributed by atoms with Crippen molar-refractivity contribution in [2.24, 2.45) is 0 Å². The molecule has 2 rings (SSSR count). The van der Waals surface area contributed by atoms with Crippen LogP contribution in [-0.2, 0) is 10.2 Å². The summed E-state index contributed by atoms with van der Waals surface area (Å²) < 4.78 is 0. The number of carbonyl (C=O) groups is 1. The molecule has 0 radical (unpaired) electrons. The fourth-order valence-corrected chi connectivity index (χ4v) is 1.46. The van der Waals surface area contributed by atoms with Gasteiger partial charge in [0.1, 0.15) is 0 Å². The third-order valence-electron chi connectivity index (χ3n) is 2.36. The smallest absolute Gasteiger partial charge is 0.549 e. The molecule has 0 amide bonds. The number of rotatable bonds is 2. The summed E-state index contributed by atoms with van der Waals surface area (Å²) in [5.41, 5.74) is -0.276. The van der Waals surface area contributed by atoms with Crippen LogP contribution >= 0.6 is 11.6 Å². The van der Waals surface area contributed by atoms with E-state index >= 15 is 0 Å². The van der Waals surface area contributed by atoms with Crippen LogP contribution in [0.3, 0.4) is 0 Å². The third kappa shape index (κ3) is 2.20. The Morgan fingerprint density at radius 1 is 1.50 bits per heavy atom. The zero-order chi connectivity index (χ0) is 9.47. The Morgan fingerprint density at radius 2 is 2.14 bits per heavy atom. The summed E-state index contributed by atoms with van der Waals surface area (Å²) in [6.45, 7) is 0. The van der Waals surface area contributed by atoms with Crippen molar-refractivity contribution in [2.75, 3.05) is 0 Å². The minimum atomic E-state index is -1.04. The first-order chi connectivity index (χ1) is 6.15. The van der Waals surface area contributed by atoms with Gasteiger partial charge in [-0.25, -0.2) is 0 Å². The molecule has 0 N–H and O–H groups in total. The number of pyridine rings is 1. The van der Waals surface area contributed by atoms with E-state index in [1.54, 1.807) is 12.1 Å². The zero-order valence-electron chi connectivity index (χ0n) is 7.79. The first-order valence-corrected chi connectivity index (χ1v) is 4.36. The van der Waals surface area contributed by atoms with Crippen molar-refractivity contribution in [1.82, 2.24) is 4.98 Å². The van der Waals surface area contributed by atoms with E-state index in [0.717, 1.165) is 0 Å². The maximum Gasteiger partial charge on any atom is 1.00 e. The topological polar surface area (TPSA) is 53.0 Å². The van der Waals surface area contributed by atoms with E-state index in [-0.39, 0.29) is 51.4 Å². The van der Waals surface area contributed by atoms with Gasteiger partial charge in [0.15, 0.2) is 0 Å². The van der Waals surface area contributed by atoms with Crippen LogP contribution in [0.2, 0.25) is 5.02 Å². The molecule has 0 spiro atoms. The summed E-state index contributed by atoms with van der Waals surface area (Å²) in [4.78, 5) is 14.8. The molecule has 68 valence electrons. The van der Waals surface area contributed by atoms with Crippen LogP contribution < -0.4 is 56.5 Å². The summed E-state index contributed by atoms with van der Waals surface area (Å²) in [5, 5.41) is 11.3. The first kappa shape index (κ1) is 12.6. The molecule has 14 heavy (non-hydrogen) atoms. The van der Waals surface area contributed by atoms with Gasteiger partial charge in [-0.2, -0.15) is 0 Å². The van der Waals surface area contributed by atoms with E-state index in [1.807, 2.05) is 0 Å². The predicted octanol–water partition coefficient (Wildman–Crippen LogP) is -2.48. The van der Waals surface area contributed by atoms with Crippen molar-refractivity contribution in [3.63, 3.8) is 0 Å². The second-order valence-corrected chi connectivity index (χ2v) is 3.67. The predicted molar refractivity (Wildman–Crippen MR) is 45.2 cm³/mol. The summed E-state index contributed by atoms with van der Waals surface area (Å²) in [6, 6.07) is 3.29. The number of carbonyl (C=O) groups excluding carboxylic acids is 1. The standard InChI is InChI=1S/C9H8ClNO2.K/c10-6-1-2-7(11-5-6)9(3-4-9)8(12)13;/h1-2,5H,3-4H2,(H,12,13);/q;+1/p-1. The molecule has 1 aromatic heterocycles. The molecule has 0 bridgehead atoms. The minimum Gasteiger partial charge on any atom is -0.549 e. The summed E-state index contributed by atoms with van der Waals surface area (Å²) >= 11 is 5.64. The molecule has 0 atom stereocenters. The average Bonchev–Trinajstić information content (AvgIpc) is 2.86. The Balaban J connectivity index is 0.000000980. The molecule has 0 aromatic carbocycles. The average molecular weight is 236 g/mol. The van der Waals surface area contributed by atoms with E-state index in [0.29, 0.717) is 23.6 Å². The van der Waals surface area contributed by atoms with Crippen molar-refractivity contribution < 1.29 is 61.3 Å². The van der Waals surface area contributed by atoms with Crippen LogP contribution in [0.15, 0.2) is 18.3 Å². The second-order valence-electron chi connectivity index (χ2n) is 3.23. The number of hydrogen-bond acceptors (Lipinski definition) is 3. The number of carboxylic acid groups (broad SMARTS) is 1. The Hall–Kier alpha value is 0.546. The molecule has 0 saturated heterocycles. The molecule has 5 heteroatoms. The first-order valence-electron chi connectivity index (χ1n) is 3.99. The van der Waals surface area contributed by atoms with Gasteiger partial charge < -0.3 is 9.90 Å². The van der Waals surface area contributed by atoms with Crippen molar-refractivity contribution in [3.8, 4) is 0 Å². The molecular formula is C9H7ClKNO2. The van der Waals surface area contributed by atoms with Crippen LogP contribution in [0.4, 0.5) is 0 Å². The Morgan fingerprint density at radius 3 is 2.50 bits per heavy atom. The molecule has 0 unspecified atom stereocenters. The van der Waals surface area contributed by atoms with E-state index in [2.05, 4.69) is 4.98 Å². The van der Waals surface area contributed by atoms with Gasteiger partial charge in [-0.15, -0.1) is 0 Å². The molecule has 1 aliphatic rings. The monoisotopic (exact) mass is 235 g/mol. The van der Waals surface area contributed by atoms with Crippen LogP contribution in [0.5, 0.6) is 0 Å². The van der Waals surface area contributed by atoms with Crippen molar-refractivity contribution >= 4 is 17.6 Å². The van der Waals surface area contributed by atoms with Crippen LogP contribution in [0.25, 0.3) is 0 Å². The number of aromatic nitrogens is 1. The quantitative estimate of drug-likeness (QED) is 0.534. The van der Waals surface area contributed by atoms with E-state index in [4.69, 9.17) is 11.6 Å². The van der Waals surface area contributed by atoms with Gasteiger partial charge in [-0.3, -0.25) is 4.98 Å². The molecule has 1 fully saturated rings. The largest absolute Gasteiger partial charge is 1.00 e. The summed E-state index contributed by atoms with van der Waals surface area (Å²) in [7, 11) is 0. The fraction of sp³-hybridized carbons (Fsp3) is 0.333. The maximum absolute atomic E-state index is 10.8. The maximum atomic E-state index is 10.8. The van der Waals surface area contributed by atoms with Crippen LogP contribution in [-0.4, -0.2) is 11.0 Å². The van der Waals surface area contributed by atoms with Gasteiger partial charge in [-0.05, 0) is 25.0 Å². The molecule has 1 heterocycles. The van der Waals surface area contributed by atoms with E-state index < -0.39 is 11.4 Å². The SMILES string of the molecule is O=C([O-])C1(c2ccc(Cl)cn2)CC1.[K+]. The third-order valence-corrected chi connectivity index (χ3v) is 2.58. The van der Waals surface area contributed by atoms with Gasteiger partial charge in [0, 0.05) is 6.20 Å². The van der Waals surface area contributed by atoms with Crippen molar-refractivity contribution in [1.29, 1.82) is 0 Å². The van der Waals surface area contributed by atoms with Gasteiger partial charge in [0.2, 0.25) is 0 Å². The van der Waals surface area contributed by atoms with Gasteiger partial charge in [0.05, 0.1) is 22.1 Å². The number of halogens is 1. The van der Waals surface area contributed by atoms with Crippen LogP contribution in [0.1, 0.15) is 18.5 Å². The van der Waals surface area contributed by atoms with Crippen molar-refractivity contribution in [2.45, 2.75) is 18.3 Å². The Labute approximate surface area is 129 Å². The fourth-order valence-electron chi connectivity index (χ4n) is 1.35. The van der Waals surface area contributed by atoms with Gasteiger partial charge in [-0.1, -0.05) is 11.6 Å².